The van der Waals surface area contributed by atoms with E-state index in [4.69, 9.17) is 0 Å². The fourth-order valence-corrected chi connectivity index (χ4v) is 4.79. The van der Waals surface area contributed by atoms with Crippen LogP contribution in [0.15, 0.2) is 35.3 Å². The summed E-state index contributed by atoms with van der Waals surface area (Å²) in [5, 5.41) is 7.07. The molecule has 0 saturated carbocycles. The van der Waals surface area contributed by atoms with Crippen molar-refractivity contribution in [1.82, 2.24) is 25.3 Å². The molecule has 0 aromatic heterocycles. The highest BCUT2D eigenvalue weighted by Crippen LogP contribution is 2.20. The highest BCUT2D eigenvalue weighted by atomic mass is 127. The highest BCUT2D eigenvalue weighted by Gasteiger charge is 2.31. The molecule has 1 amide bonds. The van der Waals surface area contributed by atoms with Crippen molar-refractivity contribution in [2.75, 3.05) is 47.3 Å². The Morgan fingerprint density at radius 2 is 1.97 bits per heavy atom. The Balaban J connectivity index is 0.00000363. The van der Waals surface area contributed by atoms with E-state index in [0.717, 1.165) is 64.4 Å². The molecule has 2 aliphatic rings. The Hall–Kier alpha value is -1.39. The Morgan fingerprint density at radius 1 is 1.22 bits per heavy atom. The summed E-state index contributed by atoms with van der Waals surface area (Å²) in [5.41, 5.74) is 1.37. The van der Waals surface area contributed by atoms with Gasteiger partial charge in [0.15, 0.2) is 5.96 Å². The molecule has 0 radical (unpaired) electrons. The number of hydrogen-bond acceptors (Lipinski definition) is 4. The maximum atomic E-state index is 12.3. The largest absolute Gasteiger partial charge is 0.356 e. The second kappa shape index (κ2) is 13.3. The maximum absolute atomic E-state index is 12.3. The second-order valence-corrected chi connectivity index (χ2v) is 9.12. The Bertz CT molecular complexity index is 728. The minimum absolute atomic E-state index is 0. The highest BCUT2D eigenvalue weighted by molar-refractivity contribution is 14.0. The van der Waals surface area contributed by atoms with Gasteiger partial charge in [-0.25, -0.2) is 0 Å². The van der Waals surface area contributed by atoms with Crippen LogP contribution in [0.3, 0.4) is 0 Å². The van der Waals surface area contributed by atoms with Crippen molar-refractivity contribution in [2.24, 2.45) is 4.99 Å². The summed E-state index contributed by atoms with van der Waals surface area (Å²) in [6.07, 6.45) is 4.21. The first kappa shape index (κ1) is 26.9. The standard InChI is InChI=1S/C24H40N6O.HI/c1-19-16-21(18-30(19)17-20-10-6-5-7-11-20)27-24(25-2)26-13-9-15-29-14-8-12-22(29)23(31)28(3)4;/h5-7,10-11,19,21-22H,8-9,12-18H2,1-4H3,(H2,25,26,27);1H. The number of rotatable bonds is 8. The molecule has 0 aliphatic carbocycles. The number of nitrogens with one attached hydrogen (secondary N) is 2. The predicted molar refractivity (Wildman–Crippen MR) is 143 cm³/mol. The minimum atomic E-state index is 0. The number of carbonyl (C=O) groups excluding carboxylic acids is 1. The summed E-state index contributed by atoms with van der Waals surface area (Å²) in [6, 6.07) is 11.7. The summed E-state index contributed by atoms with van der Waals surface area (Å²) in [7, 11) is 5.53. The molecule has 8 heteroatoms. The zero-order valence-corrected chi connectivity index (χ0v) is 22.4. The van der Waals surface area contributed by atoms with Crippen LogP contribution in [-0.2, 0) is 11.3 Å². The summed E-state index contributed by atoms with van der Waals surface area (Å²) >= 11 is 0. The third-order valence-corrected chi connectivity index (χ3v) is 6.50. The van der Waals surface area contributed by atoms with Crippen LogP contribution in [0.2, 0.25) is 0 Å². The van der Waals surface area contributed by atoms with Gasteiger partial charge in [0.05, 0.1) is 6.04 Å². The Kier molecular flexibility index (Phi) is 11.2. The average molecular weight is 557 g/mol. The van der Waals surface area contributed by atoms with Gasteiger partial charge in [0, 0.05) is 59.4 Å². The van der Waals surface area contributed by atoms with E-state index >= 15 is 0 Å². The number of likely N-dealkylation sites (N-methyl/N-ethyl adjacent to an activating group) is 1. The Morgan fingerprint density at radius 3 is 2.66 bits per heavy atom. The number of nitrogens with zero attached hydrogens (tertiary/aromatic N) is 4. The van der Waals surface area contributed by atoms with Gasteiger partial charge in [-0.3, -0.25) is 19.6 Å². The van der Waals surface area contributed by atoms with Crippen LogP contribution in [0.4, 0.5) is 0 Å². The molecule has 3 unspecified atom stereocenters. The summed E-state index contributed by atoms with van der Waals surface area (Å²) in [5.74, 6) is 1.11. The van der Waals surface area contributed by atoms with E-state index in [2.05, 4.69) is 62.7 Å². The maximum Gasteiger partial charge on any atom is 0.239 e. The van der Waals surface area contributed by atoms with Gasteiger partial charge in [-0.2, -0.15) is 0 Å². The lowest BCUT2D eigenvalue weighted by Crippen LogP contribution is -2.46. The first-order chi connectivity index (χ1) is 15.0. The normalized spacial score (nSPS) is 24.2. The molecule has 2 fully saturated rings. The van der Waals surface area contributed by atoms with Crippen LogP contribution < -0.4 is 10.6 Å². The van der Waals surface area contributed by atoms with Crippen molar-refractivity contribution in [3.63, 3.8) is 0 Å². The van der Waals surface area contributed by atoms with Crippen LogP contribution >= 0.6 is 24.0 Å². The molecule has 180 valence electrons. The monoisotopic (exact) mass is 556 g/mol. The van der Waals surface area contributed by atoms with Gasteiger partial charge in [-0.05, 0) is 44.7 Å². The van der Waals surface area contributed by atoms with E-state index < -0.39 is 0 Å². The number of carbonyl (C=O) groups is 1. The molecular formula is C24H41IN6O. The van der Waals surface area contributed by atoms with E-state index in [-0.39, 0.29) is 35.9 Å². The molecule has 7 nitrogen and oxygen atoms in total. The molecule has 3 atom stereocenters. The van der Waals surface area contributed by atoms with Crippen molar-refractivity contribution in [1.29, 1.82) is 0 Å². The molecule has 2 aliphatic heterocycles. The van der Waals surface area contributed by atoms with Crippen LogP contribution in [-0.4, -0.2) is 92.0 Å². The molecule has 2 N–H and O–H groups in total. The first-order valence-electron chi connectivity index (χ1n) is 11.7. The lowest BCUT2D eigenvalue weighted by atomic mass is 10.2. The van der Waals surface area contributed by atoms with Gasteiger partial charge >= 0.3 is 0 Å². The zero-order chi connectivity index (χ0) is 22.2. The van der Waals surface area contributed by atoms with Gasteiger partial charge < -0.3 is 15.5 Å². The van der Waals surface area contributed by atoms with E-state index in [1.54, 1.807) is 4.90 Å². The first-order valence-corrected chi connectivity index (χ1v) is 11.7. The van der Waals surface area contributed by atoms with Crippen molar-refractivity contribution >= 4 is 35.8 Å². The number of benzene rings is 1. The number of aliphatic imine (C=N–C) groups is 1. The molecule has 2 saturated heterocycles. The molecule has 0 spiro atoms. The van der Waals surface area contributed by atoms with E-state index in [1.165, 1.54) is 5.56 Å². The second-order valence-electron chi connectivity index (χ2n) is 9.12. The van der Waals surface area contributed by atoms with Crippen LogP contribution in [0, 0.1) is 0 Å². The minimum Gasteiger partial charge on any atom is -0.356 e. The summed E-state index contributed by atoms with van der Waals surface area (Å²) < 4.78 is 0. The molecule has 1 aromatic rings. The smallest absolute Gasteiger partial charge is 0.239 e. The van der Waals surface area contributed by atoms with Crippen LogP contribution in [0.5, 0.6) is 0 Å². The topological polar surface area (TPSA) is 63.2 Å². The van der Waals surface area contributed by atoms with Gasteiger partial charge in [-0.1, -0.05) is 30.3 Å². The van der Waals surface area contributed by atoms with Gasteiger partial charge in [0.2, 0.25) is 5.91 Å². The van der Waals surface area contributed by atoms with Crippen molar-refractivity contribution in [3.05, 3.63) is 35.9 Å². The van der Waals surface area contributed by atoms with Gasteiger partial charge in [-0.15, -0.1) is 24.0 Å². The van der Waals surface area contributed by atoms with Crippen LogP contribution in [0.25, 0.3) is 0 Å². The molecular weight excluding hydrogens is 515 g/mol. The SMILES string of the molecule is CN=C(NCCCN1CCCC1C(=O)N(C)C)NC1CC(C)N(Cc2ccccc2)C1.I. The predicted octanol–water partition coefficient (Wildman–Crippen LogP) is 2.38. The van der Waals surface area contributed by atoms with Gasteiger partial charge in [0.1, 0.15) is 0 Å². The summed E-state index contributed by atoms with van der Waals surface area (Å²) in [4.78, 5) is 23.4. The number of amides is 1. The average Bonchev–Trinajstić information content (AvgIpc) is 3.36. The lowest BCUT2D eigenvalue weighted by Gasteiger charge is -2.26. The number of hydrogen-bond donors (Lipinski definition) is 2. The molecule has 1 aromatic carbocycles. The molecule has 0 bridgehead atoms. The van der Waals surface area contributed by atoms with Crippen molar-refractivity contribution in [2.45, 2.75) is 57.3 Å². The number of likely N-dealkylation sites (tertiary alicyclic amines) is 2. The van der Waals surface area contributed by atoms with E-state index in [9.17, 15) is 4.79 Å². The van der Waals surface area contributed by atoms with E-state index in [0.29, 0.717) is 12.1 Å². The fourth-order valence-electron chi connectivity index (χ4n) is 4.79. The van der Waals surface area contributed by atoms with Crippen molar-refractivity contribution < 1.29 is 4.79 Å². The summed E-state index contributed by atoms with van der Waals surface area (Å²) in [6.45, 7) is 7.15. The number of guanidine groups is 1. The molecule has 3 rings (SSSR count). The molecule has 2 heterocycles. The number of halogens is 1. The third-order valence-electron chi connectivity index (χ3n) is 6.50. The van der Waals surface area contributed by atoms with Crippen molar-refractivity contribution in [3.8, 4) is 0 Å². The van der Waals surface area contributed by atoms with Crippen LogP contribution in [0.1, 0.15) is 38.2 Å². The zero-order valence-electron chi connectivity index (χ0n) is 20.1. The third kappa shape index (κ3) is 7.59. The van der Waals surface area contributed by atoms with Gasteiger partial charge in [0.25, 0.3) is 0 Å². The molecule has 32 heavy (non-hydrogen) atoms. The lowest BCUT2D eigenvalue weighted by molar-refractivity contribution is -0.133. The fraction of sp³-hybridized carbons (Fsp3) is 0.667. The quantitative estimate of drug-likeness (QED) is 0.223. The Labute approximate surface area is 211 Å². The van der Waals surface area contributed by atoms with E-state index in [1.807, 2.05) is 21.1 Å².